The molecule has 0 spiro atoms. The zero-order valence-electron chi connectivity index (χ0n) is 9.56. The van der Waals surface area contributed by atoms with Crippen LogP contribution in [-0.2, 0) is 0 Å². The first-order valence-corrected chi connectivity index (χ1v) is 5.61. The van der Waals surface area contributed by atoms with Crippen LogP contribution in [0.25, 0.3) is 0 Å². The Hall–Kier alpha value is -1.57. The van der Waals surface area contributed by atoms with E-state index in [1.54, 1.807) is 0 Å². The van der Waals surface area contributed by atoms with E-state index in [1.165, 1.54) is 0 Å². The van der Waals surface area contributed by atoms with Crippen LogP contribution in [0.5, 0.6) is 11.5 Å². The van der Waals surface area contributed by atoms with Crippen molar-refractivity contribution in [2.24, 2.45) is 0 Å². The maximum atomic E-state index is 13.0. The van der Waals surface area contributed by atoms with Crippen molar-refractivity contribution < 1.29 is 36.2 Å². The molecule has 0 aliphatic carbocycles. The fraction of sp³-hybridized carbons (Fsp3) is 0.364. The molecule has 0 fully saturated rings. The van der Waals surface area contributed by atoms with E-state index in [0.717, 1.165) is 12.1 Å². The predicted octanol–water partition coefficient (Wildman–Crippen LogP) is 3.49. The zero-order valence-corrected chi connectivity index (χ0v) is 10.3. The standard InChI is InChI=1S/C11H6ClF5O3/c12-6-4-8-7(19-1-2-20-8)3-5(6)9(18)10(13,14)11(15,16)17/h3-4H,1-2H2. The third-order valence-electron chi connectivity index (χ3n) is 2.52. The average Bonchev–Trinajstić information content (AvgIpc) is 2.35. The monoisotopic (exact) mass is 316 g/mol. The highest BCUT2D eigenvalue weighted by atomic mass is 35.5. The van der Waals surface area contributed by atoms with Crippen LogP contribution in [0.3, 0.4) is 0 Å². The van der Waals surface area contributed by atoms with Crippen molar-refractivity contribution in [2.45, 2.75) is 12.1 Å². The lowest BCUT2D eigenvalue weighted by atomic mass is 10.0. The van der Waals surface area contributed by atoms with E-state index in [2.05, 4.69) is 0 Å². The first kappa shape index (κ1) is 14.8. The van der Waals surface area contributed by atoms with Crippen LogP contribution in [0.15, 0.2) is 12.1 Å². The van der Waals surface area contributed by atoms with E-state index in [9.17, 15) is 26.7 Å². The van der Waals surface area contributed by atoms with Crippen molar-refractivity contribution >= 4 is 17.4 Å². The number of fused-ring (bicyclic) bond motifs is 1. The summed E-state index contributed by atoms with van der Waals surface area (Å²) in [4.78, 5) is 11.4. The summed E-state index contributed by atoms with van der Waals surface area (Å²) < 4.78 is 72.6. The lowest BCUT2D eigenvalue weighted by Crippen LogP contribution is -2.44. The van der Waals surface area contributed by atoms with Crippen molar-refractivity contribution in [3.8, 4) is 11.5 Å². The number of ketones is 1. The van der Waals surface area contributed by atoms with E-state index in [0.29, 0.717) is 0 Å². The van der Waals surface area contributed by atoms with Gasteiger partial charge >= 0.3 is 12.1 Å². The summed E-state index contributed by atoms with van der Waals surface area (Å²) in [6.07, 6.45) is -6.00. The molecule has 0 amide bonds. The highest BCUT2D eigenvalue weighted by Gasteiger charge is 2.63. The van der Waals surface area contributed by atoms with Gasteiger partial charge in [-0.3, -0.25) is 4.79 Å². The lowest BCUT2D eigenvalue weighted by molar-refractivity contribution is -0.255. The summed E-state index contributed by atoms with van der Waals surface area (Å²) in [5.41, 5.74) is -0.974. The van der Waals surface area contributed by atoms with E-state index in [1.807, 2.05) is 0 Å². The van der Waals surface area contributed by atoms with Crippen molar-refractivity contribution in [3.05, 3.63) is 22.7 Å². The predicted molar refractivity (Wildman–Crippen MR) is 57.8 cm³/mol. The fourth-order valence-electron chi connectivity index (χ4n) is 1.54. The van der Waals surface area contributed by atoms with Gasteiger partial charge in [0.1, 0.15) is 13.2 Å². The van der Waals surface area contributed by atoms with Crippen molar-refractivity contribution in [2.75, 3.05) is 13.2 Å². The van der Waals surface area contributed by atoms with E-state index >= 15 is 0 Å². The molecule has 110 valence electrons. The van der Waals surface area contributed by atoms with Gasteiger partial charge in [0.2, 0.25) is 5.78 Å². The van der Waals surface area contributed by atoms with Gasteiger partial charge in [-0.2, -0.15) is 22.0 Å². The molecule has 3 nitrogen and oxygen atoms in total. The van der Waals surface area contributed by atoms with Crippen molar-refractivity contribution in [1.82, 2.24) is 0 Å². The summed E-state index contributed by atoms with van der Waals surface area (Å²) in [7, 11) is 0. The molecule has 0 radical (unpaired) electrons. The van der Waals surface area contributed by atoms with Crippen molar-refractivity contribution in [3.63, 3.8) is 0 Å². The molecule has 1 aromatic carbocycles. The van der Waals surface area contributed by atoms with Crippen LogP contribution >= 0.6 is 11.6 Å². The van der Waals surface area contributed by atoms with Crippen LogP contribution in [0.1, 0.15) is 10.4 Å². The number of hydrogen-bond acceptors (Lipinski definition) is 3. The summed E-state index contributed by atoms with van der Waals surface area (Å²) in [6.45, 7) is 0.257. The zero-order chi connectivity index (χ0) is 15.1. The van der Waals surface area contributed by atoms with Gasteiger partial charge in [-0.05, 0) is 6.07 Å². The lowest BCUT2D eigenvalue weighted by Gasteiger charge is -2.22. The molecule has 20 heavy (non-hydrogen) atoms. The van der Waals surface area contributed by atoms with Gasteiger partial charge in [-0.15, -0.1) is 0 Å². The molecule has 1 heterocycles. The first-order valence-electron chi connectivity index (χ1n) is 5.23. The topological polar surface area (TPSA) is 35.5 Å². The fourth-order valence-corrected chi connectivity index (χ4v) is 1.78. The Labute approximate surface area is 114 Å². The number of Topliss-reactive ketones (excluding diaryl/α,β-unsaturated/α-hetero) is 1. The molecule has 9 heteroatoms. The number of carbonyl (C=O) groups excluding carboxylic acids is 1. The highest BCUT2D eigenvalue weighted by molar-refractivity contribution is 6.34. The molecule has 1 aliphatic heterocycles. The maximum absolute atomic E-state index is 13.0. The van der Waals surface area contributed by atoms with Crippen LogP contribution in [0.2, 0.25) is 5.02 Å². The maximum Gasteiger partial charge on any atom is 0.461 e. The van der Waals surface area contributed by atoms with Gasteiger partial charge in [0.15, 0.2) is 11.5 Å². The number of ether oxygens (including phenoxy) is 2. The Bertz CT molecular complexity index is 556. The number of halogens is 6. The minimum Gasteiger partial charge on any atom is -0.486 e. The second-order valence-corrected chi connectivity index (χ2v) is 4.28. The molecule has 0 saturated heterocycles. The molecular weight excluding hydrogens is 311 g/mol. The van der Waals surface area contributed by atoms with Crippen molar-refractivity contribution in [1.29, 1.82) is 0 Å². The summed E-state index contributed by atoms with van der Waals surface area (Å²) in [6, 6.07) is 1.69. The summed E-state index contributed by atoms with van der Waals surface area (Å²) >= 11 is 5.56. The minimum atomic E-state index is -6.00. The SMILES string of the molecule is O=C(c1cc2c(cc1Cl)OCCO2)C(F)(F)C(F)(F)F. The van der Waals surface area contributed by atoms with Gasteiger partial charge < -0.3 is 9.47 Å². The Morgan fingerprint density at radius 3 is 2.05 bits per heavy atom. The molecule has 2 rings (SSSR count). The molecular formula is C11H6ClF5O3. The Morgan fingerprint density at radius 2 is 1.55 bits per heavy atom. The van der Waals surface area contributed by atoms with Gasteiger partial charge in [0, 0.05) is 11.6 Å². The quantitative estimate of drug-likeness (QED) is 0.619. The van der Waals surface area contributed by atoms with Crippen LogP contribution < -0.4 is 9.47 Å². The third kappa shape index (κ3) is 2.39. The normalized spacial score (nSPS) is 15.1. The molecule has 0 saturated carbocycles. The smallest absolute Gasteiger partial charge is 0.461 e. The number of hydrogen-bond donors (Lipinski definition) is 0. The average molecular weight is 317 g/mol. The molecule has 1 aromatic rings. The number of alkyl halides is 5. The second-order valence-electron chi connectivity index (χ2n) is 3.88. The number of benzene rings is 1. The molecule has 0 atom stereocenters. The molecule has 0 aromatic heterocycles. The van der Waals surface area contributed by atoms with Gasteiger partial charge in [0.05, 0.1) is 5.02 Å². The largest absolute Gasteiger partial charge is 0.486 e. The number of carbonyl (C=O) groups is 1. The number of rotatable bonds is 2. The van der Waals surface area contributed by atoms with Crippen LogP contribution in [0, 0.1) is 0 Å². The highest BCUT2D eigenvalue weighted by Crippen LogP contribution is 2.42. The third-order valence-corrected chi connectivity index (χ3v) is 2.83. The Balaban J connectivity index is 2.45. The molecule has 0 N–H and O–H groups in total. The Morgan fingerprint density at radius 1 is 1.05 bits per heavy atom. The Kier molecular flexibility index (Phi) is 3.53. The van der Waals surface area contributed by atoms with Gasteiger partial charge in [-0.1, -0.05) is 11.6 Å². The van der Waals surface area contributed by atoms with E-state index < -0.39 is 28.5 Å². The van der Waals surface area contributed by atoms with Crippen LogP contribution in [0.4, 0.5) is 22.0 Å². The molecule has 0 bridgehead atoms. The summed E-state index contributed by atoms with van der Waals surface area (Å²) in [5, 5.41) is -0.567. The van der Waals surface area contributed by atoms with E-state index in [-0.39, 0.29) is 24.7 Å². The molecule has 0 unspecified atom stereocenters. The summed E-state index contributed by atoms with van der Waals surface area (Å²) in [5.74, 6) is -8.00. The van der Waals surface area contributed by atoms with Crippen LogP contribution in [-0.4, -0.2) is 31.1 Å². The van der Waals surface area contributed by atoms with Gasteiger partial charge in [-0.25, -0.2) is 0 Å². The minimum absolute atomic E-state index is 0.0770. The molecule has 1 aliphatic rings. The second kappa shape index (κ2) is 4.76. The first-order chi connectivity index (χ1) is 9.14. The van der Waals surface area contributed by atoms with Gasteiger partial charge in [0.25, 0.3) is 0 Å². The van der Waals surface area contributed by atoms with E-state index in [4.69, 9.17) is 21.1 Å².